The van der Waals surface area contributed by atoms with Crippen molar-refractivity contribution in [2.45, 2.75) is 4.34 Å². The van der Waals surface area contributed by atoms with Crippen LogP contribution in [0, 0.1) is 0 Å². The molecule has 4 heteroatoms. The third-order valence-electron chi connectivity index (χ3n) is 1.40. The molecule has 0 unspecified atom stereocenters. The molecule has 0 N–H and O–H groups in total. The zero-order chi connectivity index (χ0) is 7.68. The molecule has 0 atom stereocenters. The van der Waals surface area contributed by atoms with Crippen molar-refractivity contribution < 1.29 is 17.1 Å². The van der Waals surface area contributed by atoms with E-state index in [0.717, 1.165) is 5.52 Å². The Morgan fingerprint density at radius 1 is 1.36 bits per heavy atom. The zero-order valence-corrected chi connectivity index (χ0v) is 10.4. The summed E-state index contributed by atoms with van der Waals surface area (Å²) in [5, 5.41) is 0. The molecule has 0 spiro atoms. The Labute approximate surface area is 81.7 Å². The monoisotopic (exact) mass is 230 g/mol. The van der Waals surface area contributed by atoms with Crippen LogP contribution in [0.4, 0.5) is 0 Å². The van der Waals surface area contributed by atoms with Gasteiger partial charge in [-0.15, -0.1) is 0 Å². The Kier molecular flexibility index (Phi) is 2.26. The van der Waals surface area contributed by atoms with E-state index in [1.165, 1.54) is 26.1 Å². The molecule has 2 rings (SSSR count). The summed E-state index contributed by atoms with van der Waals surface area (Å²) in [5.74, 6) is 0. The molecule has 0 amide bonds. The fourth-order valence-corrected chi connectivity index (χ4v) is 3.80. The first-order chi connectivity index (χ1) is 5.40. The first kappa shape index (κ1) is 7.72. The standard InChI is InChI=1S/C7H5NS2.Zn/c9-7-8-5-3-1-2-4-6(5)10-7;/h1-4H,(H,8,9);/q;+1/p-1. The summed E-state index contributed by atoms with van der Waals surface area (Å²) in [6.45, 7) is 0. The van der Waals surface area contributed by atoms with E-state index in [1.807, 2.05) is 15.8 Å². The molecule has 11 heavy (non-hydrogen) atoms. The number of thiazole rings is 1. The van der Waals surface area contributed by atoms with Gasteiger partial charge in [-0.05, 0) is 0 Å². The van der Waals surface area contributed by atoms with Crippen molar-refractivity contribution in [2.24, 2.45) is 0 Å². The predicted octanol–water partition coefficient (Wildman–Crippen LogP) is 2.85. The van der Waals surface area contributed by atoms with Crippen LogP contribution < -0.4 is 0 Å². The van der Waals surface area contributed by atoms with Crippen molar-refractivity contribution in [1.29, 1.82) is 0 Å². The second-order valence-electron chi connectivity index (χ2n) is 2.09. The van der Waals surface area contributed by atoms with E-state index in [1.54, 1.807) is 11.3 Å². The van der Waals surface area contributed by atoms with Crippen LogP contribution in [0.3, 0.4) is 0 Å². The SMILES string of the molecule is [Zn][S]c1nc2ccccc2s1. The molecular weight excluding hydrogens is 228 g/mol. The van der Waals surface area contributed by atoms with Crippen molar-refractivity contribution in [3.05, 3.63) is 24.3 Å². The molecule has 0 bridgehead atoms. The molecule has 51 valence electrons. The Morgan fingerprint density at radius 3 is 2.91 bits per heavy atom. The molecule has 2 aromatic rings. The van der Waals surface area contributed by atoms with Gasteiger partial charge in [-0.25, -0.2) is 0 Å². The maximum atomic E-state index is 4.44. The molecule has 1 heterocycles. The number of benzene rings is 1. The van der Waals surface area contributed by atoms with E-state index in [2.05, 4.69) is 23.2 Å². The number of fused-ring (bicyclic) bond motifs is 1. The van der Waals surface area contributed by atoms with Gasteiger partial charge < -0.3 is 0 Å². The summed E-state index contributed by atoms with van der Waals surface area (Å²) in [5.41, 5.74) is 1.13. The molecule has 0 radical (unpaired) electrons. The fourth-order valence-electron chi connectivity index (χ4n) is 0.913. The summed E-state index contributed by atoms with van der Waals surface area (Å²) in [7, 11) is 1.83. The second kappa shape index (κ2) is 3.22. The number of nitrogens with zero attached hydrogens (tertiary/aromatic N) is 1. The molecule has 0 saturated carbocycles. The molecule has 0 saturated heterocycles. The molecule has 1 aromatic carbocycles. The maximum absolute atomic E-state index is 4.44. The van der Waals surface area contributed by atoms with Gasteiger partial charge in [0.05, 0.1) is 0 Å². The van der Waals surface area contributed by atoms with Crippen molar-refractivity contribution in [1.82, 2.24) is 4.98 Å². The molecule has 0 aliphatic heterocycles. The van der Waals surface area contributed by atoms with Crippen molar-refractivity contribution >= 4 is 31.3 Å². The molecule has 1 aromatic heterocycles. The number of para-hydroxylation sites is 1. The first-order valence-electron chi connectivity index (χ1n) is 3.18. The summed E-state index contributed by atoms with van der Waals surface area (Å²) in [6, 6.07) is 8.27. The molecule has 0 aliphatic carbocycles. The first-order valence-corrected chi connectivity index (χ1v) is 8.61. The number of aromatic nitrogens is 1. The van der Waals surface area contributed by atoms with Gasteiger partial charge in [-0.2, -0.15) is 0 Å². The third-order valence-corrected chi connectivity index (χ3v) is 6.21. The van der Waals surface area contributed by atoms with Crippen LogP contribution in [0.1, 0.15) is 0 Å². The molecule has 0 aliphatic rings. The van der Waals surface area contributed by atoms with Gasteiger partial charge in [0.1, 0.15) is 0 Å². The van der Waals surface area contributed by atoms with Gasteiger partial charge in [-0.3, -0.25) is 0 Å². The summed E-state index contributed by atoms with van der Waals surface area (Å²) in [6.07, 6.45) is 0. The van der Waals surface area contributed by atoms with Crippen LogP contribution >= 0.6 is 21.1 Å². The Balaban J connectivity index is 2.69. The quantitative estimate of drug-likeness (QED) is 0.700. The van der Waals surface area contributed by atoms with Gasteiger partial charge in [0, 0.05) is 0 Å². The third kappa shape index (κ3) is 1.48. The van der Waals surface area contributed by atoms with E-state index in [-0.39, 0.29) is 0 Å². The average molecular weight is 232 g/mol. The fraction of sp³-hybridized carbons (Fsp3) is 0. The number of hydrogen-bond donors (Lipinski definition) is 0. The zero-order valence-electron chi connectivity index (χ0n) is 5.78. The van der Waals surface area contributed by atoms with Gasteiger partial charge in [0.2, 0.25) is 0 Å². The van der Waals surface area contributed by atoms with Crippen LogP contribution in [-0.2, 0) is 17.1 Å². The van der Waals surface area contributed by atoms with Gasteiger partial charge in [0.15, 0.2) is 0 Å². The average Bonchev–Trinajstić information content (AvgIpc) is 2.46. The van der Waals surface area contributed by atoms with Gasteiger partial charge in [-0.1, -0.05) is 0 Å². The van der Waals surface area contributed by atoms with Crippen LogP contribution in [0.5, 0.6) is 0 Å². The predicted molar refractivity (Wildman–Crippen MR) is 45.5 cm³/mol. The van der Waals surface area contributed by atoms with Crippen LogP contribution in [0.15, 0.2) is 28.6 Å². The van der Waals surface area contributed by atoms with Crippen molar-refractivity contribution in [3.8, 4) is 0 Å². The van der Waals surface area contributed by atoms with Crippen LogP contribution in [-0.4, -0.2) is 4.98 Å². The van der Waals surface area contributed by atoms with E-state index in [9.17, 15) is 0 Å². The minimum absolute atomic E-state index is 1.13. The molecular formula is C7H4NS2Zn. The van der Waals surface area contributed by atoms with Gasteiger partial charge >= 0.3 is 82.0 Å². The van der Waals surface area contributed by atoms with Crippen molar-refractivity contribution in [2.75, 3.05) is 0 Å². The number of rotatable bonds is 1. The Bertz CT molecular complexity index is 338. The summed E-state index contributed by atoms with van der Waals surface area (Å²) >= 11 is 3.00. The minimum atomic E-state index is 1.13. The number of hydrogen-bond acceptors (Lipinski definition) is 3. The van der Waals surface area contributed by atoms with Gasteiger partial charge in [0.25, 0.3) is 0 Å². The van der Waals surface area contributed by atoms with E-state index in [0.29, 0.717) is 0 Å². The topological polar surface area (TPSA) is 12.9 Å². The second-order valence-corrected chi connectivity index (χ2v) is 5.87. The normalized spacial score (nSPS) is 10.7. The summed E-state index contributed by atoms with van der Waals surface area (Å²) < 4.78 is 2.50. The Hall–Kier alpha value is 0.0834. The Morgan fingerprint density at radius 2 is 2.18 bits per heavy atom. The van der Waals surface area contributed by atoms with Crippen LogP contribution in [0.25, 0.3) is 10.2 Å². The van der Waals surface area contributed by atoms with E-state index in [4.69, 9.17) is 0 Å². The van der Waals surface area contributed by atoms with E-state index < -0.39 is 0 Å². The summed E-state index contributed by atoms with van der Waals surface area (Å²) in [4.78, 5) is 4.44. The molecule has 1 nitrogen and oxygen atoms in total. The van der Waals surface area contributed by atoms with Crippen molar-refractivity contribution in [3.63, 3.8) is 0 Å². The van der Waals surface area contributed by atoms with E-state index >= 15 is 0 Å². The van der Waals surface area contributed by atoms with Crippen LogP contribution in [0.2, 0.25) is 0 Å². The molecule has 0 fully saturated rings.